The number of anilines is 1. The molecule has 44 heavy (non-hydrogen) atoms. The molecule has 0 spiro atoms. The molecule has 0 atom stereocenters. The highest BCUT2D eigenvalue weighted by atomic mass is 16.3. The summed E-state index contributed by atoms with van der Waals surface area (Å²) < 4.78 is 1.52. The van der Waals surface area contributed by atoms with Crippen LogP contribution in [-0.4, -0.2) is 62.3 Å². The fourth-order valence-electron chi connectivity index (χ4n) is 5.33. The van der Waals surface area contributed by atoms with Crippen molar-refractivity contribution in [1.82, 2.24) is 19.7 Å². The van der Waals surface area contributed by atoms with Crippen molar-refractivity contribution in [3.05, 3.63) is 106 Å². The van der Waals surface area contributed by atoms with E-state index in [9.17, 15) is 14.7 Å². The Kier molecular flexibility index (Phi) is 9.35. The number of carbonyl (C=O) groups is 2. The molecule has 0 saturated heterocycles. The summed E-state index contributed by atoms with van der Waals surface area (Å²) in [5, 5.41) is 18.4. The first-order valence-corrected chi connectivity index (χ1v) is 14.9. The average Bonchev–Trinajstić information content (AvgIpc) is 3.54. The quantitative estimate of drug-likeness (QED) is 0.115. The van der Waals surface area contributed by atoms with Crippen LogP contribution in [0.4, 0.5) is 11.4 Å². The fourth-order valence-corrected chi connectivity index (χ4v) is 5.33. The number of fused-ring (bicyclic) bond motifs is 1. The first kappa shape index (κ1) is 30.4. The molecule has 0 bridgehead atoms. The van der Waals surface area contributed by atoms with E-state index < -0.39 is 0 Å². The SMILES string of the molecule is CCN(CC)CCCc1ccc(N=Cc2c(O)[nH]c3cc(C(=O)c4cccc(NC(=O)c5cc(C)nn5C)c4)ccc23)cc1. The molecule has 2 aromatic heterocycles. The zero-order valence-electron chi connectivity index (χ0n) is 25.6. The second kappa shape index (κ2) is 13.5. The maximum atomic E-state index is 13.4. The van der Waals surface area contributed by atoms with Crippen LogP contribution in [0.3, 0.4) is 0 Å². The number of benzene rings is 3. The Balaban J connectivity index is 1.27. The topological polar surface area (TPSA) is 116 Å². The van der Waals surface area contributed by atoms with Gasteiger partial charge < -0.3 is 20.3 Å². The van der Waals surface area contributed by atoms with Crippen LogP contribution >= 0.6 is 0 Å². The number of hydrogen-bond donors (Lipinski definition) is 3. The molecule has 3 N–H and O–H groups in total. The maximum absolute atomic E-state index is 13.4. The summed E-state index contributed by atoms with van der Waals surface area (Å²) >= 11 is 0. The largest absolute Gasteiger partial charge is 0.494 e. The van der Waals surface area contributed by atoms with Crippen molar-refractivity contribution >= 4 is 40.2 Å². The third kappa shape index (κ3) is 6.95. The van der Waals surface area contributed by atoms with Crippen molar-refractivity contribution in [3.8, 4) is 5.88 Å². The molecule has 0 unspecified atom stereocenters. The number of aromatic hydroxyl groups is 1. The van der Waals surface area contributed by atoms with E-state index in [4.69, 9.17) is 0 Å². The first-order valence-electron chi connectivity index (χ1n) is 14.9. The second-order valence-electron chi connectivity index (χ2n) is 10.9. The Bertz CT molecular complexity index is 1810. The summed E-state index contributed by atoms with van der Waals surface area (Å²) in [5.41, 5.74) is 5.79. The van der Waals surface area contributed by atoms with Gasteiger partial charge in [0.2, 0.25) is 0 Å². The van der Waals surface area contributed by atoms with Gasteiger partial charge in [-0.05, 0) is 81.4 Å². The Morgan fingerprint density at radius 3 is 2.48 bits per heavy atom. The summed E-state index contributed by atoms with van der Waals surface area (Å²) in [6.45, 7) is 9.44. The van der Waals surface area contributed by atoms with Crippen LogP contribution in [0, 0.1) is 6.92 Å². The standard InChI is InChI=1S/C35H38N6O3/c1-5-41(6-2)18-8-9-24-12-15-27(16-13-24)36-22-30-29-17-14-26(21-31(29)38-34(30)43)33(42)25-10-7-11-28(20-25)37-35(44)32-19-23(3)39-40(32)4/h7,10-17,19-22,38,43H,5-6,8-9,18H2,1-4H3,(H,37,44). The van der Waals surface area contributed by atoms with Crippen LogP contribution in [-0.2, 0) is 13.5 Å². The van der Waals surface area contributed by atoms with Gasteiger partial charge in [0.25, 0.3) is 5.91 Å². The van der Waals surface area contributed by atoms with E-state index in [1.807, 2.05) is 19.1 Å². The van der Waals surface area contributed by atoms with Gasteiger partial charge in [0.1, 0.15) is 5.69 Å². The second-order valence-corrected chi connectivity index (χ2v) is 10.9. The number of H-pyrrole nitrogens is 1. The Morgan fingerprint density at radius 1 is 1.02 bits per heavy atom. The minimum absolute atomic E-state index is 0.0171. The molecule has 226 valence electrons. The van der Waals surface area contributed by atoms with Gasteiger partial charge in [-0.1, -0.05) is 50.2 Å². The van der Waals surface area contributed by atoms with Gasteiger partial charge in [0, 0.05) is 41.0 Å². The molecule has 5 rings (SSSR count). The van der Waals surface area contributed by atoms with Gasteiger partial charge in [0.15, 0.2) is 11.7 Å². The third-order valence-corrected chi connectivity index (χ3v) is 7.81. The fraction of sp³-hybridized carbons (Fsp3) is 0.257. The average molecular weight is 591 g/mol. The lowest BCUT2D eigenvalue weighted by molar-refractivity contribution is 0.101. The van der Waals surface area contributed by atoms with Gasteiger partial charge in [-0.3, -0.25) is 19.3 Å². The predicted octanol–water partition coefficient (Wildman–Crippen LogP) is 6.42. The number of aromatic nitrogens is 3. The van der Waals surface area contributed by atoms with E-state index in [1.165, 1.54) is 10.2 Å². The third-order valence-electron chi connectivity index (χ3n) is 7.81. The lowest BCUT2D eigenvalue weighted by Gasteiger charge is -2.17. The highest BCUT2D eigenvalue weighted by molar-refractivity contribution is 6.13. The van der Waals surface area contributed by atoms with E-state index in [0.717, 1.165) is 49.2 Å². The summed E-state index contributed by atoms with van der Waals surface area (Å²) in [7, 11) is 1.71. The van der Waals surface area contributed by atoms with Crippen molar-refractivity contribution in [2.75, 3.05) is 25.0 Å². The number of rotatable bonds is 12. The molecule has 0 fully saturated rings. The molecule has 3 aromatic carbocycles. The summed E-state index contributed by atoms with van der Waals surface area (Å²) in [6, 6.07) is 21.9. The number of nitrogens with one attached hydrogen (secondary N) is 2. The number of aromatic amines is 1. The Hall–Kier alpha value is -5.02. The molecule has 0 radical (unpaired) electrons. The molecule has 5 aromatic rings. The van der Waals surface area contributed by atoms with E-state index in [-0.39, 0.29) is 17.6 Å². The van der Waals surface area contributed by atoms with Crippen molar-refractivity contribution in [2.24, 2.45) is 12.0 Å². The van der Waals surface area contributed by atoms with Gasteiger partial charge in [-0.15, -0.1) is 0 Å². The van der Waals surface area contributed by atoms with Gasteiger partial charge in [-0.25, -0.2) is 0 Å². The highest BCUT2D eigenvalue weighted by Gasteiger charge is 2.16. The molecule has 0 saturated carbocycles. The zero-order chi connectivity index (χ0) is 31.2. The molecule has 9 heteroatoms. The predicted molar refractivity (Wildman–Crippen MR) is 176 cm³/mol. The summed E-state index contributed by atoms with van der Waals surface area (Å²) in [4.78, 5) is 36.1. The lowest BCUT2D eigenvalue weighted by atomic mass is 10.0. The van der Waals surface area contributed by atoms with Crippen molar-refractivity contribution < 1.29 is 14.7 Å². The van der Waals surface area contributed by atoms with E-state index in [2.05, 4.69) is 51.3 Å². The minimum atomic E-state index is -0.308. The molecular weight excluding hydrogens is 552 g/mol. The van der Waals surface area contributed by atoms with Crippen molar-refractivity contribution in [3.63, 3.8) is 0 Å². The van der Waals surface area contributed by atoms with Crippen molar-refractivity contribution in [2.45, 2.75) is 33.6 Å². The Labute approximate surface area is 257 Å². The summed E-state index contributed by atoms with van der Waals surface area (Å²) in [6.07, 6.45) is 3.78. The van der Waals surface area contributed by atoms with Crippen molar-refractivity contribution in [1.29, 1.82) is 0 Å². The Morgan fingerprint density at radius 2 is 1.77 bits per heavy atom. The van der Waals surface area contributed by atoms with Gasteiger partial charge in [0.05, 0.1) is 16.9 Å². The molecule has 0 aliphatic carbocycles. The lowest BCUT2D eigenvalue weighted by Crippen LogP contribution is -2.24. The zero-order valence-corrected chi connectivity index (χ0v) is 25.6. The van der Waals surface area contributed by atoms with E-state index in [0.29, 0.717) is 33.6 Å². The van der Waals surface area contributed by atoms with Crippen LogP contribution in [0.15, 0.2) is 77.8 Å². The van der Waals surface area contributed by atoms with Crippen LogP contribution < -0.4 is 5.32 Å². The normalized spacial score (nSPS) is 11.6. The molecule has 9 nitrogen and oxygen atoms in total. The first-order chi connectivity index (χ1) is 21.2. The monoisotopic (exact) mass is 590 g/mol. The van der Waals surface area contributed by atoms with E-state index >= 15 is 0 Å². The maximum Gasteiger partial charge on any atom is 0.273 e. The number of aryl methyl sites for hydroxylation is 3. The van der Waals surface area contributed by atoms with Crippen LogP contribution in [0.2, 0.25) is 0 Å². The number of ketones is 1. The smallest absolute Gasteiger partial charge is 0.273 e. The molecule has 0 aliphatic heterocycles. The van der Waals surface area contributed by atoms with Crippen LogP contribution in [0.1, 0.15) is 63.5 Å². The number of hydrogen-bond acceptors (Lipinski definition) is 6. The van der Waals surface area contributed by atoms with Gasteiger partial charge in [-0.2, -0.15) is 5.10 Å². The van der Waals surface area contributed by atoms with Crippen LogP contribution in [0.25, 0.3) is 10.9 Å². The summed E-state index contributed by atoms with van der Waals surface area (Å²) in [5.74, 6) is -0.533. The minimum Gasteiger partial charge on any atom is -0.494 e. The highest BCUT2D eigenvalue weighted by Crippen LogP contribution is 2.28. The number of aliphatic imine (C=N–C) groups is 1. The number of carbonyl (C=O) groups excluding carboxylic acids is 2. The number of amides is 1. The molecule has 0 aliphatic rings. The molecular formula is C35H38N6O3. The molecule has 2 heterocycles. The number of nitrogens with zero attached hydrogens (tertiary/aromatic N) is 4. The van der Waals surface area contributed by atoms with Gasteiger partial charge >= 0.3 is 0 Å². The van der Waals surface area contributed by atoms with E-state index in [1.54, 1.807) is 61.8 Å². The van der Waals surface area contributed by atoms with Crippen LogP contribution in [0.5, 0.6) is 5.88 Å². The molecule has 1 amide bonds.